The molecule has 10 heteroatoms. The zero-order chi connectivity index (χ0) is 21.1. The Morgan fingerprint density at radius 3 is 2.47 bits per heavy atom. The van der Waals surface area contributed by atoms with Crippen molar-refractivity contribution in [1.29, 1.82) is 0 Å². The van der Waals surface area contributed by atoms with Crippen LogP contribution in [-0.2, 0) is 10.0 Å². The predicted octanol–water partition coefficient (Wildman–Crippen LogP) is 1.61. The Morgan fingerprint density at radius 1 is 1.03 bits per heavy atom. The summed E-state index contributed by atoms with van der Waals surface area (Å²) >= 11 is 0. The Balaban J connectivity index is 1.43. The van der Waals surface area contributed by atoms with Crippen molar-refractivity contribution >= 4 is 21.7 Å². The monoisotopic (exact) mass is 427 g/mol. The van der Waals surface area contributed by atoms with Crippen molar-refractivity contribution in [2.75, 3.05) is 38.1 Å². The quantitative estimate of drug-likeness (QED) is 0.659. The van der Waals surface area contributed by atoms with Crippen LogP contribution in [0.2, 0.25) is 0 Å². The highest BCUT2D eigenvalue weighted by atomic mass is 32.2. The molecular weight excluding hydrogens is 406 g/mol. The predicted molar refractivity (Wildman–Crippen MR) is 111 cm³/mol. The molecule has 156 valence electrons. The number of furan rings is 1. The van der Waals surface area contributed by atoms with Crippen molar-refractivity contribution in [3.63, 3.8) is 0 Å². The lowest BCUT2D eigenvalue weighted by Crippen LogP contribution is -2.49. The number of carbonyl (C=O) groups excluding carboxylic acids is 1. The molecule has 1 aliphatic rings. The molecule has 0 unspecified atom stereocenters. The average molecular weight is 427 g/mol. The fraction of sp³-hybridized carbons (Fsp3) is 0.250. The van der Waals surface area contributed by atoms with Gasteiger partial charge < -0.3 is 14.2 Å². The number of hydrogen-bond donors (Lipinski definition) is 1. The highest BCUT2D eigenvalue weighted by Crippen LogP contribution is 2.20. The third-order valence-corrected chi connectivity index (χ3v) is 6.18. The molecular formula is C20H21N5O4S. The maximum atomic E-state index is 12.7. The van der Waals surface area contributed by atoms with Gasteiger partial charge in [-0.3, -0.25) is 4.79 Å². The third-order valence-electron chi connectivity index (χ3n) is 4.89. The lowest BCUT2D eigenvalue weighted by Gasteiger charge is -2.35. The molecule has 1 amide bonds. The molecule has 9 nitrogen and oxygen atoms in total. The molecule has 0 atom stereocenters. The van der Waals surface area contributed by atoms with E-state index in [-0.39, 0.29) is 16.8 Å². The van der Waals surface area contributed by atoms with Gasteiger partial charge in [0, 0.05) is 37.9 Å². The van der Waals surface area contributed by atoms with Crippen LogP contribution in [0.1, 0.15) is 10.6 Å². The number of aromatic nitrogens is 2. The number of nitrogens with zero attached hydrogens (tertiary/aromatic N) is 4. The van der Waals surface area contributed by atoms with E-state index in [1.54, 1.807) is 11.1 Å². The number of nitrogens with one attached hydrogen (secondary N) is 1. The fourth-order valence-corrected chi connectivity index (χ4v) is 3.87. The molecule has 1 aliphatic heterocycles. The Kier molecular flexibility index (Phi) is 5.51. The van der Waals surface area contributed by atoms with E-state index < -0.39 is 10.0 Å². The summed E-state index contributed by atoms with van der Waals surface area (Å²) in [6.45, 7) is 2.13. The van der Waals surface area contributed by atoms with Crippen molar-refractivity contribution < 1.29 is 17.6 Å². The number of carbonyl (C=O) groups is 1. The lowest BCUT2D eigenvalue weighted by atomic mass is 10.2. The van der Waals surface area contributed by atoms with Crippen LogP contribution in [0.25, 0.3) is 11.4 Å². The van der Waals surface area contributed by atoms with Crippen LogP contribution in [0.5, 0.6) is 0 Å². The number of benzene rings is 1. The van der Waals surface area contributed by atoms with E-state index in [2.05, 4.69) is 19.6 Å². The molecule has 1 N–H and O–H groups in total. The largest absolute Gasteiger partial charge is 0.438 e. The molecule has 0 aliphatic carbocycles. The highest BCUT2D eigenvalue weighted by Gasteiger charge is 2.26. The number of hydrogen-bond acceptors (Lipinski definition) is 7. The number of anilines is 1. The van der Waals surface area contributed by atoms with Crippen molar-refractivity contribution in [2.24, 2.45) is 0 Å². The molecule has 1 saturated heterocycles. The Morgan fingerprint density at radius 2 is 1.77 bits per heavy atom. The van der Waals surface area contributed by atoms with Gasteiger partial charge in [0.05, 0.1) is 0 Å². The smallest absolute Gasteiger partial charge is 0.289 e. The summed E-state index contributed by atoms with van der Waals surface area (Å²) in [5.74, 6) is 1.13. The SMILES string of the molecule is CNS(=O)(=O)c1ccc(C(=O)N2CCN(c3ccnc(-c4ccccc4)n3)CC2)o1. The van der Waals surface area contributed by atoms with Gasteiger partial charge in [-0.15, -0.1) is 0 Å². The van der Waals surface area contributed by atoms with Crippen LogP contribution in [0.15, 0.2) is 64.2 Å². The molecule has 3 heterocycles. The number of rotatable bonds is 5. The summed E-state index contributed by atoms with van der Waals surface area (Å²) in [4.78, 5) is 25.4. The first-order valence-electron chi connectivity index (χ1n) is 9.44. The van der Waals surface area contributed by atoms with Gasteiger partial charge in [0.25, 0.3) is 15.9 Å². The van der Waals surface area contributed by atoms with Crippen molar-refractivity contribution in [2.45, 2.75) is 5.09 Å². The summed E-state index contributed by atoms with van der Waals surface area (Å²) < 4.78 is 31.0. The standard InChI is InChI=1S/C20H21N5O4S/c1-21-30(27,28)18-8-7-16(29-18)20(26)25-13-11-24(12-14-25)17-9-10-22-19(23-17)15-5-3-2-4-6-15/h2-10,21H,11-14H2,1H3. The van der Waals surface area contributed by atoms with Crippen LogP contribution in [0.3, 0.4) is 0 Å². The first kappa shape index (κ1) is 20.0. The van der Waals surface area contributed by atoms with E-state index in [0.29, 0.717) is 32.0 Å². The minimum Gasteiger partial charge on any atom is -0.438 e. The molecule has 0 saturated carbocycles. The van der Waals surface area contributed by atoms with Gasteiger partial charge in [0.2, 0.25) is 5.09 Å². The van der Waals surface area contributed by atoms with Gasteiger partial charge in [-0.2, -0.15) is 0 Å². The Bertz CT molecular complexity index is 1140. The normalized spacial score (nSPS) is 14.7. The summed E-state index contributed by atoms with van der Waals surface area (Å²) in [6, 6.07) is 14.3. The van der Waals surface area contributed by atoms with E-state index >= 15 is 0 Å². The molecule has 0 spiro atoms. The Hall–Kier alpha value is -3.24. The summed E-state index contributed by atoms with van der Waals surface area (Å²) in [6.07, 6.45) is 1.73. The van der Waals surface area contributed by atoms with E-state index in [1.807, 2.05) is 36.4 Å². The van der Waals surface area contributed by atoms with Crippen LogP contribution in [-0.4, -0.2) is 62.4 Å². The number of piperazine rings is 1. The Labute approximate surface area is 174 Å². The molecule has 2 aromatic heterocycles. The first-order valence-corrected chi connectivity index (χ1v) is 10.9. The van der Waals surface area contributed by atoms with Gasteiger partial charge in [-0.25, -0.2) is 23.1 Å². The number of amides is 1. The summed E-state index contributed by atoms with van der Waals surface area (Å²) in [5, 5.41) is -0.276. The molecule has 0 bridgehead atoms. The van der Waals surface area contributed by atoms with Gasteiger partial charge in [-0.1, -0.05) is 30.3 Å². The van der Waals surface area contributed by atoms with Crippen molar-refractivity contribution in [1.82, 2.24) is 19.6 Å². The van der Waals surface area contributed by atoms with E-state index in [0.717, 1.165) is 11.4 Å². The lowest BCUT2D eigenvalue weighted by molar-refractivity contribution is 0.0708. The zero-order valence-corrected chi connectivity index (χ0v) is 17.2. The highest BCUT2D eigenvalue weighted by molar-refractivity contribution is 7.89. The molecule has 30 heavy (non-hydrogen) atoms. The minimum atomic E-state index is -3.72. The molecule has 3 aromatic rings. The summed E-state index contributed by atoms with van der Waals surface area (Å²) in [7, 11) is -2.44. The number of sulfonamides is 1. The summed E-state index contributed by atoms with van der Waals surface area (Å²) in [5.41, 5.74) is 0.943. The van der Waals surface area contributed by atoms with Crippen LogP contribution in [0, 0.1) is 0 Å². The third kappa shape index (κ3) is 4.05. The second-order valence-electron chi connectivity index (χ2n) is 6.71. The van der Waals surface area contributed by atoms with Gasteiger partial charge >= 0.3 is 0 Å². The fourth-order valence-electron chi connectivity index (χ4n) is 3.23. The van der Waals surface area contributed by atoms with Crippen LogP contribution >= 0.6 is 0 Å². The maximum absolute atomic E-state index is 12.7. The van der Waals surface area contributed by atoms with Crippen molar-refractivity contribution in [3.05, 3.63) is 60.5 Å². The molecule has 1 fully saturated rings. The topological polar surface area (TPSA) is 109 Å². The van der Waals surface area contributed by atoms with E-state index in [4.69, 9.17) is 4.42 Å². The molecule has 4 rings (SSSR count). The first-order chi connectivity index (χ1) is 14.5. The van der Waals surface area contributed by atoms with Crippen LogP contribution in [0.4, 0.5) is 5.82 Å². The van der Waals surface area contributed by atoms with Crippen molar-refractivity contribution in [3.8, 4) is 11.4 Å². The molecule has 0 radical (unpaired) electrons. The minimum absolute atomic E-state index is 0.00525. The second kappa shape index (κ2) is 8.25. The zero-order valence-electron chi connectivity index (χ0n) is 16.4. The van der Waals surface area contributed by atoms with Gasteiger partial charge in [-0.05, 0) is 25.2 Å². The van der Waals surface area contributed by atoms with Gasteiger partial charge in [0.15, 0.2) is 11.6 Å². The van der Waals surface area contributed by atoms with Gasteiger partial charge in [0.1, 0.15) is 5.82 Å². The van der Waals surface area contributed by atoms with Crippen LogP contribution < -0.4 is 9.62 Å². The van der Waals surface area contributed by atoms with E-state index in [1.165, 1.54) is 19.2 Å². The second-order valence-corrected chi connectivity index (χ2v) is 8.53. The molecule has 1 aromatic carbocycles. The average Bonchev–Trinajstić information content (AvgIpc) is 3.31. The van der Waals surface area contributed by atoms with E-state index in [9.17, 15) is 13.2 Å². The maximum Gasteiger partial charge on any atom is 0.289 e.